The number of rotatable bonds is 3. The van der Waals surface area contributed by atoms with Crippen molar-refractivity contribution >= 4 is 11.5 Å². The van der Waals surface area contributed by atoms with Crippen LogP contribution in [0.2, 0.25) is 0 Å². The van der Waals surface area contributed by atoms with Gasteiger partial charge < -0.3 is 10.4 Å². The predicted octanol–water partition coefficient (Wildman–Crippen LogP) is 2.87. The third kappa shape index (κ3) is 3.04. The van der Waals surface area contributed by atoms with Gasteiger partial charge in [0.2, 0.25) is 0 Å². The van der Waals surface area contributed by atoms with E-state index in [4.69, 9.17) is 0 Å². The summed E-state index contributed by atoms with van der Waals surface area (Å²) in [7, 11) is 0. The number of hydrogen-bond acceptors (Lipinski definition) is 5. The average Bonchev–Trinajstić information content (AvgIpc) is 2.94. The van der Waals surface area contributed by atoms with E-state index in [2.05, 4.69) is 20.6 Å². The highest BCUT2D eigenvalue weighted by atomic mass is 19.4. The van der Waals surface area contributed by atoms with Crippen molar-refractivity contribution in [1.82, 2.24) is 19.8 Å². The van der Waals surface area contributed by atoms with E-state index in [0.717, 1.165) is 23.8 Å². The highest BCUT2D eigenvalue weighted by Crippen LogP contribution is 2.31. The van der Waals surface area contributed by atoms with Crippen LogP contribution >= 0.6 is 0 Å². The molecule has 3 rings (SSSR count). The van der Waals surface area contributed by atoms with E-state index in [0.29, 0.717) is 29.8 Å². The summed E-state index contributed by atoms with van der Waals surface area (Å²) in [5, 5.41) is 24.4. The summed E-state index contributed by atoms with van der Waals surface area (Å²) < 4.78 is 39.8. The van der Waals surface area contributed by atoms with Crippen molar-refractivity contribution < 1.29 is 18.3 Å². The second kappa shape index (κ2) is 5.87. The number of aromatic nitrogens is 4. The maximum Gasteiger partial charge on any atom is 0.453 e. The molecule has 0 radical (unpaired) electrons. The summed E-state index contributed by atoms with van der Waals surface area (Å²) in [6.45, 7) is 3.70. The van der Waals surface area contributed by atoms with Crippen LogP contribution in [-0.4, -0.2) is 37.1 Å². The van der Waals surface area contributed by atoms with Gasteiger partial charge in [0, 0.05) is 12.1 Å². The Morgan fingerprint density at radius 3 is 2.42 bits per heavy atom. The van der Waals surface area contributed by atoms with Gasteiger partial charge in [0.15, 0.2) is 5.65 Å². The van der Waals surface area contributed by atoms with Crippen LogP contribution in [0.5, 0.6) is 0 Å². The Kier molecular flexibility index (Phi) is 4.15. The van der Waals surface area contributed by atoms with Gasteiger partial charge in [-0.25, -0.2) is 0 Å². The summed E-state index contributed by atoms with van der Waals surface area (Å²) in [5.41, 5.74) is 0.519. The van der Waals surface area contributed by atoms with Crippen LogP contribution in [0.15, 0.2) is 0 Å². The molecule has 0 saturated heterocycles. The molecular weight excluding hydrogens is 323 g/mol. The highest BCUT2D eigenvalue weighted by molar-refractivity contribution is 5.58. The Labute approximate surface area is 137 Å². The number of halogens is 3. The second-order valence-electron chi connectivity index (χ2n) is 6.49. The van der Waals surface area contributed by atoms with E-state index >= 15 is 0 Å². The normalized spacial score (nSPS) is 18.1. The van der Waals surface area contributed by atoms with E-state index in [1.54, 1.807) is 13.8 Å². The maximum absolute atomic E-state index is 13.0. The molecule has 24 heavy (non-hydrogen) atoms. The van der Waals surface area contributed by atoms with Gasteiger partial charge in [0.05, 0.1) is 5.60 Å². The van der Waals surface area contributed by atoms with Crippen molar-refractivity contribution in [3.63, 3.8) is 0 Å². The summed E-state index contributed by atoms with van der Waals surface area (Å²) >= 11 is 0. The SMILES string of the molecule is Cc1c(NCC2(O)CCCCC2)nn2c(C(F)(F)F)nnc2c1C. The summed E-state index contributed by atoms with van der Waals surface area (Å²) in [6.07, 6.45) is -0.271. The Balaban J connectivity index is 1.94. The van der Waals surface area contributed by atoms with E-state index < -0.39 is 17.6 Å². The zero-order valence-electron chi connectivity index (χ0n) is 13.6. The van der Waals surface area contributed by atoms with Crippen molar-refractivity contribution in [3.05, 3.63) is 17.0 Å². The maximum atomic E-state index is 13.0. The third-order valence-electron chi connectivity index (χ3n) is 4.72. The summed E-state index contributed by atoms with van der Waals surface area (Å²) in [4.78, 5) is 0. The highest BCUT2D eigenvalue weighted by Gasteiger charge is 2.38. The van der Waals surface area contributed by atoms with Gasteiger partial charge in [-0.1, -0.05) is 19.3 Å². The standard InChI is InChI=1S/C15H20F3N5O/c1-9-10(2)12-20-21-13(15(16,17)18)23(12)22-11(9)19-8-14(24)6-4-3-5-7-14/h24H,3-8H2,1-2H3,(H,19,22). The van der Waals surface area contributed by atoms with Crippen LogP contribution in [0.3, 0.4) is 0 Å². The summed E-state index contributed by atoms with van der Waals surface area (Å²) in [5.74, 6) is -0.843. The number of alkyl halides is 3. The number of nitrogens with zero attached hydrogens (tertiary/aromatic N) is 4. The Bertz CT molecular complexity index is 750. The van der Waals surface area contributed by atoms with Crippen LogP contribution in [0, 0.1) is 13.8 Å². The molecule has 0 amide bonds. The molecule has 0 spiro atoms. The van der Waals surface area contributed by atoms with E-state index in [9.17, 15) is 18.3 Å². The molecule has 0 unspecified atom stereocenters. The van der Waals surface area contributed by atoms with Crippen molar-refractivity contribution in [2.24, 2.45) is 0 Å². The van der Waals surface area contributed by atoms with Gasteiger partial charge in [-0.05, 0) is 32.3 Å². The first-order valence-electron chi connectivity index (χ1n) is 7.97. The lowest BCUT2D eigenvalue weighted by Crippen LogP contribution is -2.39. The molecule has 0 aromatic carbocycles. The lowest BCUT2D eigenvalue weighted by Gasteiger charge is -2.32. The zero-order valence-corrected chi connectivity index (χ0v) is 13.6. The zero-order chi connectivity index (χ0) is 17.5. The van der Waals surface area contributed by atoms with Gasteiger partial charge in [-0.2, -0.15) is 17.7 Å². The Morgan fingerprint density at radius 1 is 1.12 bits per heavy atom. The number of hydrogen-bond donors (Lipinski definition) is 2. The number of anilines is 1. The molecular formula is C15H20F3N5O. The van der Waals surface area contributed by atoms with E-state index in [1.807, 2.05) is 0 Å². The molecule has 2 heterocycles. The monoisotopic (exact) mass is 343 g/mol. The fourth-order valence-electron chi connectivity index (χ4n) is 3.11. The molecule has 0 atom stereocenters. The quantitative estimate of drug-likeness (QED) is 0.896. The smallest absolute Gasteiger partial charge is 0.388 e. The van der Waals surface area contributed by atoms with E-state index in [1.165, 1.54) is 0 Å². The Hall–Kier alpha value is -1.90. The predicted molar refractivity (Wildman–Crippen MR) is 81.8 cm³/mol. The average molecular weight is 343 g/mol. The molecule has 9 heteroatoms. The topological polar surface area (TPSA) is 75.3 Å². The van der Waals surface area contributed by atoms with Crippen LogP contribution in [0.25, 0.3) is 5.65 Å². The molecule has 6 nitrogen and oxygen atoms in total. The van der Waals surface area contributed by atoms with E-state index in [-0.39, 0.29) is 12.2 Å². The lowest BCUT2D eigenvalue weighted by molar-refractivity contribution is -0.146. The fourth-order valence-corrected chi connectivity index (χ4v) is 3.11. The molecule has 2 aromatic heterocycles. The molecule has 2 aromatic rings. The van der Waals surface area contributed by atoms with Crippen molar-refractivity contribution in [2.45, 2.75) is 57.7 Å². The minimum absolute atomic E-state index is 0.0850. The molecule has 2 N–H and O–H groups in total. The van der Waals surface area contributed by atoms with Gasteiger partial charge >= 0.3 is 6.18 Å². The first-order chi connectivity index (χ1) is 11.2. The number of nitrogens with one attached hydrogen (secondary N) is 1. The molecule has 1 fully saturated rings. The first-order valence-corrected chi connectivity index (χ1v) is 7.97. The van der Waals surface area contributed by atoms with Crippen LogP contribution in [0.4, 0.5) is 19.0 Å². The second-order valence-corrected chi connectivity index (χ2v) is 6.49. The number of aliphatic hydroxyl groups is 1. The van der Waals surface area contributed by atoms with Gasteiger partial charge in [-0.15, -0.1) is 15.3 Å². The van der Waals surface area contributed by atoms with Gasteiger partial charge in [-0.3, -0.25) is 0 Å². The molecule has 132 valence electrons. The number of aryl methyl sites for hydroxylation is 1. The van der Waals surface area contributed by atoms with Crippen molar-refractivity contribution in [3.8, 4) is 0 Å². The van der Waals surface area contributed by atoms with Crippen molar-refractivity contribution in [1.29, 1.82) is 0 Å². The van der Waals surface area contributed by atoms with Gasteiger partial charge in [0.25, 0.3) is 5.82 Å². The fraction of sp³-hybridized carbons (Fsp3) is 0.667. The molecule has 1 aliphatic rings. The first kappa shape index (κ1) is 16.9. The van der Waals surface area contributed by atoms with Gasteiger partial charge in [0.1, 0.15) is 5.82 Å². The lowest BCUT2D eigenvalue weighted by atomic mass is 9.85. The molecule has 1 aliphatic carbocycles. The van der Waals surface area contributed by atoms with Crippen LogP contribution in [0.1, 0.15) is 49.1 Å². The minimum Gasteiger partial charge on any atom is -0.388 e. The molecule has 0 aliphatic heterocycles. The minimum atomic E-state index is -4.63. The summed E-state index contributed by atoms with van der Waals surface area (Å²) in [6, 6.07) is 0. The third-order valence-corrected chi connectivity index (χ3v) is 4.72. The number of fused-ring (bicyclic) bond motifs is 1. The van der Waals surface area contributed by atoms with Crippen molar-refractivity contribution in [2.75, 3.05) is 11.9 Å². The van der Waals surface area contributed by atoms with Crippen LogP contribution in [-0.2, 0) is 6.18 Å². The van der Waals surface area contributed by atoms with Crippen LogP contribution < -0.4 is 5.32 Å². The molecule has 0 bridgehead atoms. The Morgan fingerprint density at radius 2 is 1.79 bits per heavy atom. The molecule has 1 saturated carbocycles. The largest absolute Gasteiger partial charge is 0.453 e.